The lowest BCUT2D eigenvalue weighted by Gasteiger charge is -2.10. The summed E-state index contributed by atoms with van der Waals surface area (Å²) in [6.45, 7) is 1.95. The standard InChI is InChI=1S/C19H15N3O2/c1-12-10-17(14-6-3-4-8-16(14)21-12)22-11-15(19(23)24-2)13-7-5-9-20-18(13)22/h3-11H,1-2H3. The van der Waals surface area contributed by atoms with Gasteiger partial charge >= 0.3 is 5.97 Å². The second-order valence-corrected chi connectivity index (χ2v) is 5.58. The van der Waals surface area contributed by atoms with Gasteiger partial charge in [-0.25, -0.2) is 9.78 Å². The minimum Gasteiger partial charge on any atom is -0.465 e. The number of aromatic nitrogens is 3. The van der Waals surface area contributed by atoms with Crippen LogP contribution in [0.4, 0.5) is 0 Å². The number of ether oxygens (including phenoxy) is 1. The summed E-state index contributed by atoms with van der Waals surface area (Å²) in [5.41, 5.74) is 3.97. The van der Waals surface area contributed by atoms with Crippen molar-refractivity contribution in [2.45, 2.75) is 6.92 Å². The van der Waals surface area contributed by atoms with Gasteiger partial charge in [0.15, 0.2) is 0 Å². The van der Waals surface area contributed by atoms with Crippen molar-refractivity contribution in [2.24, 2.45) is 0 Å². The number of benzene rings is 1. The Balaban J connectivity index is 2.10. The number of nitrogens with zero attached hydrogens (tertiary/aromatic N) is 3. The number of esters is 1. The summed E-state index contributed by atoms with van der Waals surface area (Å²) in [4.78, 5) is 21.2. The molecule has 0 radical (unpaired) electrons. The van der Waals surface area contributed by atoms with Crippen LogP contribution in [0.15, 0.2) is 54.9 Å². The van der Waals surface area contributed by atoms with Gasteiger partial charge in [-0.2, -0.15) is 0 Å². The highest BCUT2D eigenvalue weighted by molar-refractivity contribution is 6.04. The van der Waals surface area contributed by atoms with Gasteiger partial charge in [-0.1, -0.05) is 18.2 Å². The zero-order chi connectivity index (χ0) is 16.7. The Kier molecular flexibility index (Phi) is 3.27. The molecule has 3 heterocycles. The van der Waals surface area contributed by atoms with Crippen LogP contribution in [-0.2, 0) is 4.74 Å². The lowest BCUT2D eigenvalue weighted by Crippen LogP contribution is -2.00. The second kappa shape index (κ2) is 5.45. The van der Waals surface area contributed by atoms with Crippen LogP contribution in [0.3, 0.4) is 0 Å². The summed E-state index contributed by atoms with van der Waals surface area (Å²) < 4.78 is 6.84. The highest BCUT2D eigenvalue weighted by Crippen LogP contribution is 2.28. The van der Waals surface area contributed by atoms with Crippen molar-refractivity contribution >= 4 is 27.9 Å². The van der Waals surface area contributed by atoms with Crippen LogP contribution in [0, 0.1) is 6.92 Å². The first-order valence-corrected chi connectivity index (χ1v) is 7.60. The predicted molar refractivity (Wildman–Crippen MR) is 92.4 cm³/mol. The topological polar surface area (TPSA) is 57.0 Å². The number of para-hydroxylation sites is 1. The van der Waals surface area contributed by atoms with Crippen LogP contribution in [0.5, 0.6) is 0 Å². The summed E-state index contributed by atoms with van der Waals surface area (Å²) in [7, 11) is 1.38. The average molecular weight is 317 g/mol. The third-order valence-corrected chi connectivity index (χ3v) is 4.05. The van der Waals surface area contributed by atoms with Gasteiger partial charge in [0.05, 0.1) is 23.9 Å². The quantitative estimate of drug-likeness (QED) is 0.529. The smallest absolute Gasteiger partial charge is 0.340 e. The fourth-order valence-electron chi connectivity index (χ4n) is 3.00. The molecule has 24 heavy (non-hydrogen) atoms. The lowest BCUT2D eigenvalue weighted by atomic mass is 10.1. The van der Waals surface area contributed by atoms with Crippen LogP contribution in [0.1, 0.15) is 16.1 Å². The Morgan fingerprint density at radius 3 is 2.75 bits per heavy atom. The maximum absolute atomic E-state index is 12.1. The molecule has 0 aliphatic rings. The molecular formula is C19H15N3O2. The van der Waals surface area contributed by atoms with Crippen molar-refractivity contribution in [3.05, 3.63) is 66.1 Å². The zero-order valence-electron chi connectivity index (χ0n) is 13.4. The number of rotatable bonds is 2. The van der Waals surface area contributed by atoms with Crippen LogP contribution in [0.25, 0.3) is 27.6 Å². The molecule has 0 bridgehead atoms. The number of carbonyl (C=O) groups is 1. The molecule has 0 aliphatic carbocycles. The predicted octanol–water partition coefficient (Wildman–Crippen LogP) is 3.67. The Labute approximate surface area is 138 Å². The van der Waals surface area contributed by atoms with Gasteiger partial charge in [-0.05, 0) is 31.2 Å². The number of hydrogen-bond donors (Lipinski definition) is 0. The van der Waals surface area contributed by atoms with E-state index < -0.39 is 0 Å². The lowest BCUT2D eigenvalue weighted by molar-refractivity contribution is 0.0603. The summed E-state index contributed by atoms with van der Waals surface area (Å²) >= 11 is 0. The van der Waals surface area contributed by atoms with E-state index in [1.807, 2.05) is 54.0 Å². The minimum atomic E-state index is -0.373. The van der Waals surface area contributed by atoms with Gasteiger partial charge in [0.25, 0.3) is 0 Å². The van der Waals surface area contributed by atoms with Crippen LogP contribution in [-0.4, -0.2) is 27.6 Å². The second-order valence-electron chi connectivity index (χ2n) is 5.58. The Hall–Kier alpha value is -3.21. The summed E-state index contributed by atoms with van der Waals surface area (Å²) in [6.07, 6.45) is 3.50. The van der Waals surface area contributed by atoms with E-state index in [0.29, 0.717) is 11.2 Å². The van der Waals surface area contributed by atoms with Gasteiger partial charge in [0.2, 0.25) is 0 Å². The molecule has 4 rings (SSSR count). The Morgan fingerprint density at radius 2 is 1.92 bits per heavy atom. The van der Waals surface area contributed by atoms with Gasteiger partial charge in [-0.3, -0.25) is 9.55 Å². The molecule has 0 saturated heterocycles. The summed E-state index contributed by atoms with van der Waals surface area (Å²) in [5.74, 6) is -0.373. The van der Waals surface area contributed by atoms with Gasteiger partial charge in [0.1, 0.15) is 5.65 Å². The molecule has 0 unspecified atom stereocenters. The first-order chi connectivity index (χ1) is 11.7. The molecule has 0 atom stereocenters. The normalized spacial score (nSPS) is 11.1. The molecule has 3 aromatic heterocycles. The molecule has 1 aromatic carbocycles. The van der Waals surface area contributed by atoms with Crippen LogP contribution >= 0.6 is 0 Å². The molecule has 0 spiro atoms. The molecule has 0 amide bonds. The minimum absolute atomic E-state index is 0.373. The number of hydrogen-bond acceptors (Lipinski definition) is 4. The van der Waals surface area contributed by atoms with Crippen molar-refractivity contribution in [2.75, 3.05) is 7.11 Å². The summed E-state index contributed by atoms with van der Waals surface area (Å²) in [5, 5.41) is 1.77. The first-order valence-electron chi connectivity index (χ1n) is 7.60. The van der Waals surface area contributed by atoms with Gasteiger partial charge in [-0.15, -0.1) is 0 Å². The van der Waals surface area contributed by atoms with Crippen molar-refractivity contribution < 1.29 is 9.53 Å². The molecular weight excluding hydrogens is 302 g/mol. The third kappa shape index (κ3) is 2.13. The van der Waals surface area contributed by atoms with E-state index >= 15 is 0 Å². The molecule has 5 heteroatoms. The van der Waals surface area contributed by atoms with Crippen LogP contribution < -0.4 is 0 Å². The average Bonchev–Trinajstić information content (AvgIpc) is 3.00. The number of pyridine rings is 2. The molecule has 0 fully saturated rings. The fraction of sp³-hybridized carbons (Fsp3) is 0.105. The van der Waals surface area contributed by atoms with E-state index in [9.17, 15) is 4.79 Å². The van der Waals surface area contributed by atoms with Gasteiger partial charge in [0, 0.05) is 28.9 Å². The monoisotopic (exact) mass is 317 g/mol. The van der Waals surface area contributed by atoms with E-state index in [4.69, 9.17) is 4.74 Å². The van der Waals surface area contributed by atoms with E-state index in [2.05, 4.69) is 9.97 Å². The molecule has 0 saturated carbocycles. The zero-order valence-corrected chi connectivity index (χ0v) is 13.4. The molecule has 118 valence electrons. The van der Waals surface area contributed by atoms with E-state index in [-0.39, 0.29) is 5.97 Å². The molecule has 0 aliphatic heterocycles. The highest BCUT2D eigenvalue weighted by atomic mass is 16.5. The van der Waals surface area contributed by atoms with E-state index in [1.165, 1.54) is 7.11 Å². The fourth-order valence-corrected chi connectivity index (χ4v) is 3.00. The largest absolute Gasteiger partial charge is 0.465 e. The Morgan fingerprint density at radius 1 is 1.12 bits per heavy atom. The highest BCUT2D eigenvalue weighted by Gasteiger charge is 2.18. The van der Waals surface area contributed by atoms with Crippen molar-refractivity contribution in [3.63, 3.8) is 0 Å². The molecule has 4 aromatic rings. The summed E-state index contributed by atoms with van der Waals surface area (Å²) in [6, 6.07) is 13.6. The number of aryl methyl sites for hydroxylation is 1. The van der Waals surface area contributed by atoms with E-state index in [0.717, 1.165) is 27.7 Å². The SMILES string of the molecule is COC(=O)c1cn(-c2cc(C)nc3ccccc23)c2ncccc12. The maximum Gasteiger partial charge on any atom is 0.340 e. The number of carbonyl (C=O) groups excluding carboxylic acids is 1. The van der Waals surface area contributed by atoms with Crippen LogP contribution in [0.2, 0.25) is 0 Å². The van der Waals surface area contributed by atoms with Crippen molar-refractivity contribution in [3.8, 4) is 5.69 Å². The van der Waals surface area contributed by atoms with Crippen molar-refractivity contribution in [1.29, 1.82) is 0 Å². The maximum atomic E-state index is 12.1. The Bertz CT molecular complexity index is 1080. The number of methoxy groups -OCH3 is 1. The number of fused-ring (bicyclic) bond motifs is 2. The molecule has 0 N–H and O–H groups in total. The third-order valence-electron chi connectivity index (χ3n) is 4.05. The van der Waals surface area contributed by atoms with Crippen molar-refractivity contribution in [1.82, 2.24) is 14.5 Å². The molecule has 5 nitrogen and oxygen atoms in total. The van der Waals surface area contributed by atoms with Gasteiger partial charge < -0.3 is 4.74 Å². The van der Waals surface area contributed by atoms with E-state index in [1.54, 1.807) is 12.4 Å². The first kappa shape index (κ1) is 14.4.